The third kappa shape index (κ3) is 4.46. The van der Waals surface area contributed by atoms with Crippen LogP contribution in [-0.4, -0.2) is 12.5 Å². The molecule has 0 atom stereocenters. The molecule has 4 nitrogen and oxygen atoms in total. The molecule has 1 amide bonds. The van der Waals surface area contributed by atoms with Crippen molar-refractivity contribution in [3.05, 3.63) is 71.6 Å². The van der Waals surface area contributed by atoms with E-state index in [-0.39, 0.29) is 12.5 Å². The molecule has 0 bridgehead atoms. The number of nitriles is 1. The second kappa shape index (κ2) is 8.13. The molecule has 0 saturated heterocycles. The van der Waals surface area contributed by atoms with Gasteiger partial charge in [0.25, 0.3) is 5.91 Å². The van der Waals surface area contributed by atoms with Gasteiger partial charge in [-0.05, 0) is 35.2 Å². The molecule has 25 heavy (non-hydrogen) atoms. The van der Waals surface area contributed by atoms with Crippen LogP contribution in [0.5, 0.6) is 5.75 Å². The number of carbonyl (C=O) groups excluding carboxylic acids is 1. The van der Waals surface area contributed by atoms with Crippen molar-refractivity contribution < 1.29 is 9.53 Å². The minimum Gasteiger partial charge on any atom is -0.484 e. The quantitative estimate of drug-likeness (QED) is 0.713. The first-order chi connectivity index (χ1) is 12.3. The number of nitrogens with zero attached hydrogens (tertiary/aromatic N) is 1. The lowest BCUT2D eigenvalue weighted by molar-refractivity contribution is -0.118. The predicted octanol–water partition coefficient (Wildman–Crippen LogP) is 4.50. The Balaban J connectivity index is 1.61. The van der Waals surface area contributed by atoms with Crippen molar-refractivity contribution in [2.24, 2.45) is 0 Å². The van der Waals surface area contributed by atoms with Gasteiger partial charge in [0.1, 0.15) is 5.75 Å². The molecule has 5 heteroatoms. The first-order valence-electron chi connectivity index (χ1n) is 7.78. The van der Waals surface area contributed by atoms with Gasteiger partial charge in [0.2, 0.25) is 0 Å². The number of anilines is 1. The van der Waals surface area contributed by atoms with Crippen LogP contribution in [0.3, 0.4) is 0 Å². The maximum absolute atomic E-state index is 12.2. The van der Waals surface area contributed by atoms with Crippen LogP contribution in [0.1, 0.15) is 5.56 Å². The molecule has 0 aliphatic heterocycles. The summed E-state index contributed by atoms with van der Waals surface area (Å²) in [6, 6.07) is 21.0. The van der Waals surface area contributed by atoms with E-state index < -0.39 is 0 Å². The molecule has 0 aliphatic carbocycles. The Morgan fingerprint density at radius 1 is 1.08 bits per heavy atom. The molecule has 0 radical (unpaired) electrons. The van der Waals surface area contributed by atoms with Gasteiger partial charge >= 0.3 is 0 Å². The minimum absolute atomic E-state index is 0.0730. The Bertz CT molecular complexity index is 881. The number of hydrogen-bond donors (Lipinski definition) is 1. The molecule has 0 unspecified atom stereocenters. The zero-order chi connectivity index (χ0) is 17.5. The lowest BCUT2D eigenvalue weighted by Crippen LogP contribution is -2.20. The molecule has 1 N–H and O–H groups in total. The molecule has 0 saturated carbocycles. The maximum atomic E-state index is 12.2. The molecule has 1 heterocycles. The molecule has 1 aromatic heterocycles. The molecule has 2 aromatic carbocycles. The van der Waals surface area contributed by atoms with Crippen molar-refractivity contribution in [3.8, 4) is 22.3 Å². The van der Waals surface area contributed by atoms with Crippen molar-refractivity contribution in [2.45, 2.75) is 6.42 Å². The average Bonchev–Trinajstić information content (AvgIpc) is 3.16. The number of benzene rings is 2. The summed E-state index contributed by atoms with van der Waals surface area (Å²) in [5.74, 6) is 0.383. The average molecular weight is 348 g/mol. The van der Waals surface area contributed by atoms with E-state index in [1.165, 1.54) is 0 Å². The largest absolute Gasteiger partial charge is 0.484 e. The lowest BCUT2D eigenvalue weighted by atomic mass is 10.1. The molecule has 3 aromatic rings. The number of thiophene rings is 1. The third-order valence-electron chi connectivity index (χ3n) is 3.56. The zero-order valence-electron chi connectivity index (χ0n) is 13.4. The van der Waals surface area contributed by atoms with E-state index in [1.54, 1.807) is 23.5 Å². The first kappa shape index (κ1) is 16.7. The number of para-hydroxylation sites is 1. The Morgan fingerprint density at radius 3 is 2.60 bits per heavy atom. The minimum atomic E-state index is -0.217. The predicted molar refractivity (Wildman–Crippen MR) is 99.6 cm³/mol. The Kier molecular flexibility index (Phi) is 5.45. The lowest BCUT2D eigenvalue weighted by Gasteiger charge is -2.11. The number of ether oxygens (including phenoxy) is 1. The van der Waals surface area contributed by atoms with Crippen LogP contribution < -0.4 is 10.1 Å². The Labute approximate surface area is 150 Å². The van der Waals surface area contributed by atoms with E-state index in [4.69, 9.17) is 10.00 Å². The second-order valence-electron chi connectivity index (χ2n) is 5.34. The van der Waals surface area contributed by atoms with Crippen LogP contribution >= 0.6 is 11.3 Å². The van der Waals surface area contributed by atoms with Crippen molar-refractivity contribution in [3.63, 3.8) is 0 Å². The van der Waals surface area contributed by atoms with Gasteiger partial charge in [0.05, 0.1) is 12.5 Å². The number of hydrogen-bond acceptors (Lipinski definition) is 4. The van der Waals surface area contributed by atoms with Gasteiger partial charge in [-0.3, -0.25) is 4.79 Å². The van der Waals surface area contributed by atoms with Crippen LogP contribution in [0, 0.1) is 11.3 Å². The summed E-state index contributed by atoms with van der Waals surface area (Å²) in [6.45, 7) is -0.0730. The standard InChI is InChI=1S/C20H16N2O2S/c21-12-11-15-7-9-16(10-8-15)24-14-20(23)22-18-5-2-1-4-17(18)19-6-3-13-25-19/h1-10,13H,11,14H2,(H,22,23). The van der Waals surface area contributed by atoms with Gasteiger partial charge in [-0.25, -0.2) is 0 Å². The van der Waals surface area contributed by atoms with Crippen LogP contribution in [0.2, 0.25) is 0 Å². The maximum Gasteiger partial charge on any atom is 0.262 e. The van der Waals surface area contributed by atoms with Crippen LogP contribution in [-0.2, 0) is 11.2 Å². The van der Waals surface area contributed by atoms with Gasteiger partial charge in [0.15, 0.2) is 6.61 Å². The molecular weight excluding hydrogens is 332 g/mol. The molecule has 0 fully saturated rings. The number of amides is 1. The summed E-state index contributed by atoms with van der Waals surface area (Å²) < 4.78 is 5.51. The second-order valence-corrected chi connectivity index (χ2v) is 6.29. The van der Waals surface area contributed by atoms with Crippen LogP contribution in [0.4, 0.5) is 5.69 Å². The smallest absolute Gasteiger partial charge is 0.262 e. The molecule has 3 rings (SSSR count). The molecule has 0 aliphatic rings. The first-order valence-corrected chi connectivity index (χ1v) is 8.65. The van der Waals surface area contributed by atoms with E-state index in [1.807, 2.05) is 53.9 Å². The Hall–Kier alpha value is -3.10. The van der Waals surface area contributed by atoms with Gasteiger partial charge in [-0.1, -0.05) is 36.4 Å². The highest BCUT2D eigenvalue weighted by atomic mass is 32.1. The normalized spacial score (nSPS) is 10.0. The highest BCUT2D eigenvalue weighted by molar-refractivity contribution is 7.13. The molecule has 0 spiro atoms. The summed E-state index contributed by atoms with van der Waals surface area (Å²) in [6.07, 6.45) is 0.361. The topological polar surface area (TPSA) is 62.1 Å². The zero-order valence-corrected chi connectivity index (χ0v) is 14.3. The highest BCUT2D eigenvalue weighted by Gasteiger charge is 2.09. The van der Waals surface area contributed by atoms with Crippen molar-refractivity contribution >= 4 is 22.9 Å². The van der Waals surface area contributed by atoms with Gasteiger partial charge < -0.3 is 10.1 Å². The van der Waals surface area contributed by atoms with Crippen molar-refractivity contribution in [2.75, 3.05) is 11.9 Å². The molecular formula is C20H16N2O2S. The van der Waals surface area contributed by atoms with E-state index in [0.29, 0.717) is 12.2 Å². The van der Waals surface area contributed by atoms with Gasteiger partial charge in [0, 0.05) is 16.1 Å². The molecule has 124 valence electrons. The van der Waals surface area contributed by atoms with Crippen LogP contribution in [0.25, 0.3) is 10.4 Å². The van der Waals surface area contributed by atoms with E-state index in [0.717, 1.165) is 21.7 Å². The van der Waals surface area contributed by atoms with Crippen LogP contribution in [0.15, 0.2) is 66.0 Å². The monoisotopic (exact) mass is 348 g/mol. The highest BCUT2D eigenvalue weighted by Crippen LogP contribution is 2.31. The van der Waals surface area contributed by atoms with Gasteiger partial charge in [-0.15, -0.1) is 11.3 Å². The number of carbonyl (C=O) groups is 1. The van der Waals surface area contributed by atoms with Gasteiger partial charge in [-0.2, -0.15) is 5.26 Å². The van der Waals surface area contributed by atoms with E-state index >= 15 is 0 Å². The van der Waals surface area contributed by atoms with Crippen molar-refractivity contribution in [1.29, 1.82) is 5.26 Å². The van der Waals surface area contributed by atoms with Crippen molar-refractivity contribution in [1.82, 2.24) is 0 Å². The summed E-state index contributed by atoms with van der Waals surface area (Å²) in [4.78, 5) is 13.3. The number of rotatable bonds is 6. The number of nitrogens with one attached hydrogen (secondary N) is 1. The fourth-order valence-electron chi connectivity index (χ4n) is 2.37. The Morgan fingerprint density at radius 2 is 1.88 bits per heavy atom. The summed E-state index contributed by atoms with van der Waals surface area (Å²) in [5, 5.41) is 13.6. The summed E-state index contributed by atoms with van der Waals surface area (Å²) >= 11 is 1.63. The fourth-order valence-corrected chi connectivity index (χ4v) is 3.13. The SMILES string of the molecule is N#CCc1ccc(OCC(=O)Nc2ccccc2-c2cccs2)cc1. The summed E-state index contributed by atoms with van der Waals surface area (Å²) in [7, 11) is 0. The summed E-state index contributed by atoms with van der Waals surface area (Å²) in [5.41, 5.74) is 2.68. The van der Waals surface area contributed by atoms with E-state index in [2.05, 4.69) is 11.4 Å². The third-order valence-corrected chi connectivity index (χ3v) is 4.47. The fraction of sp³-hybridized carbons (Fsp3) is 0.100. The van der Waals surface area contributed by atoms with E-state index in [9.17, 15) is 4.79 Å².